The van der Waals surface area contributed by atoms with E-state index in [1.807, 2.05) is 6.92 Å². The molecule has 1 unspecified atom stereocenters. The molecule has 1 aliphatic carbocycles. The van der Waals surface area contributed by atoms with E-state index in [1.165, 1.54) is 44.9 Å². The first-order chi connectivity index (χ1) is 7.36. The monoisotopic (exact) mass is 207 g/mol. The van der Waals surface area contributed by atoms with Gasteiger partial charge in [-0.2, -0.15) is 0 Å². The number of hydrogen-bond acceptors (Lipinski definition) is 1. The summed E-state index contributed by atoms with van der Waals surface area (Å²) in [6.45, 7) is 1.93. The van der Waals surface area contributed by atoms with Crippen LogP contribution in [-0.2, 0) is 0 Å². The predicted molar refractivity (Wildman–Crippen MR) is 66.7 cm³/mol. The second-order valence-electron chi connectivity index (χ2n) is 4.71. The summed E-state index contributed by atoms with van der Waals surface area (Å²) in [5, 5.41) is 3.40. The third-order valence-corrected chi connectivity index (χ3v) is 3.53. The van der Waals surface area contributed by atoms with Crippen LogP contribution in [0.3, 0.4) is 0 Å². The maximum absolute atomic E-state index is 3.40. The van der Waals surface area contributed by atoms with E-state index in [0.29, 0.717) is 6.04 Å². The standard InChI is InChI=1S/C14H25N/c1-3-4-11-14(15-2)12-13-9-7-5-6-8-10-13/h13-15H,5-12H2,1-2H3. The van der Waals surface area contributed by atoms with Crippen LogP contribution in [-0.4, -0.2) is 13.1 Å². The van der Waals surface area contributed by atoms with E-state index in [0.717, 1.165) is 12.3 Å². The summed E-state index contributed by atoms with van der Waals surface area (Å²) < 4.78 is 0. The molecular weight excluding hydrogens is 182 g/mol. The molecule has 1 N–H and O–H groups in total. The summed E-state index contributed by atoms with van der Waals surface area (Å²) in [6, 6.07) is 0.612. The molecule has 0 heterocycles. The van der Waals surface area contributed by atoms with Gasteiger partial charge in [-0.25, -0.2) is 0 Å². The molecule has 0 aromatic heterocycles. The summed E-state index contributed by atoms with van der Waals surface area (Å²) in [5.41, 5.74) is 0. The average molecular weight is 207 g/mol. The lowest BCUT2D eigenvalue weighted by atomic mass is 9.91. The average Bonchev–Trinajstić information content (AvgIpc) is 2.52. The Balaban J connectivity index is 2.30. The lowest BCUT2D eigenvalue weighted by Crippen LogP contribution is -2.27. The molecule has 0 amide bonds. The molecule has 0 aliphatic heterocycles. The number of nitrogens with one attached hydrogen (secondary N) is 1. The van der Waals surface area contributed by atoms with Gasteiger partial charge in [-0.15, -0.1) is 11.8 Å². The van der Waals surface area contributed by atoms with Crippen molar-refractivity contribution >= 4 is 0 Å². The maximum Gasteiger partial charge on any atom is 0.0243 e. The van der Waals surface area contributed by atoms with Crippen molar-refractivity contribution in [3.05, 3.63) is 0 Å². The van der Waals surface area contributed by atoms with Crippen molar-refractivity contribution in [3.8, 4) is 11.8 Å². The van der Waals surface area contributed by atoms with Gasteiger partial charge in [0, 0.05) is 12.5 Å². The molecule has 0 radical (unpaired) electrons. The maximum atomic E-state index is 3.40. The minimum Gasteiger partial charge on any atom is -0.316 e. The van der Waals surface area contributed by atoms with Gasteiger partial charge in [0.15, 0.2) is 0 Å². The van der Waals surface area contributed by atoms with Crippen LogP contribution in [0.15, 0.2) is 0 Å². The molecule has 1 saturated carbocycles. The molecule has 1 fully saturated rings. The zero-order valence-corrected chi connectivity index (χ0v) is 10.3. The fraction of sp³-hybridized carbons (Fsp3) is 0.857. The quantitative estimate of drug-likeness (QED) is 0.550. The molecule has 1 rings (SSSR count). The highest BCUT2D eigenvalue weighted by Gasteiger charge is 2.16. The number of rotatable bonds is 4. The van der Waals surface area contributed by atoms with E-state index in [1.54, 1.807) is 0 Å². The summed E-state index contributed by atoms with van der Waals surface area (Å²) in [7, 11) is 2.07. The van der Waals surface area contributed by atoms with Gasteiger partial charge in [0.05, 0.1) is 0 Å². The van der Waals surface area contributed by atoms with Crippen LogP contribution in [0, 0.1) is 17.8 Å². The highest BCUT2D eigenvalue weighted by Crippen LogP contribution is 2.26. The molecule has 0 aromatic rings. The van der Waals surface area contributed by atoms with Crippen molar-refractivity contribution in [1.82, 2.24) is 5.32 Å². The minimum absolute atomic E-state index is 0.612. The van der Waals surface area contributed by atoms with E-state index < -0.39 is 0 Å². The van der Waals surface area contributed by atoms with E-state index in [-0.39, 0.29) is 0 Å². The molecule has 0 aromatic carbocycles. The molecule has 1 nitrogen and oxygen atoms in total. The third-order valence-electron chi connectivity index (χ3n) is 3.53. The van der Waals surface area contributed by atoms with Gasteiger partial charge in [-0.05, 0) is 26.3 Å². The van der Waals surface area contributed by atoms with E-state index in [2.05, 4.69) is 24.2 Å². The van der Waals surface area contributed by atoms with Crippen molar-refractivity contribution in [1.29, 1.82) is 0 Å². The van der Waals surface area contributed by atoms with Crippen molar-refractivity contribution in [2.24, 2.45) is 5.92 Å². The summed E-state index contributed by atoms with van der Waals surface area (Å²) in [6.07, 6.45) is 11.0. The summed E-state index contributed by atoms with van der Waals surface area (Å²) >= 11 is 0. The lowest BCUT2D eigenvalue weighted by Gasteiger charge is -2.20. The highest BCUT2D eigenvalue weighted by molar-refractivity contribution is 4.98. The van der Waals surface area contributed by atoms with Crippen LogP contribution in [0.5, 0.6) is 0 Å². The second-order valence-corrected chi connectivity index (χ2v) is 4.71. The van der Waals surface area contributed by atoms with Gasteiger partial charge < -0.3 is 5.32 Å². The molecule has 0 saturated heterocycles. The van der Waals surface area contributed by atoms with Crippen molar-refractivity contribution in [2.45, 2.75) is 64.3 Å². The van der Waals surface area contributed by atoms with Crippen LogP contribution in [0.25, 0.3) is 0 Å². The van der Waals surface area contributed by atoms with Crippen LogP contribution >= 0.6 is 0 Å². The van der Waals surface area contributed by atoms with E-state index in [9.17, 15) is 0 Å². The highest BCUT2D eigenvalue weighted by atomic mass is 14.9. The first kappa shape index (κ1) is 12.6. The largest absolute Gasteiger partial charge is 0.316 e. The molecular formula is C14H25N. The minimum atomic E-state index is 0.612. The fourth-order valence-electron chi connectivity index (χ4n) is 2.53. The van der Waals surface area contributed by atoms with Crippen LogP contribution in [0.2, 0.25) is 0 Å². The van der Waals surface area contributed by atoms with Crippen molar-refractivity contribution < 1.29 is 0 Å². The predicted octanol–water partition coefficient (Wildman–Crippen LogP) is 3.35. The Labute approximate surface area is 95.0 Å². The first-order valence-electron chi connectivity index (χ1n) is 6.43. The number of hydrogen-bond donors (Lipinski definition) is 1. The van der Waals surface area contributed by atoms with Crippen molar-refractivity contribution in [3.63, 3.8) is 0 Å². The molecule has 0 bridgehead atoms. The smallest absolute Gasteiger partial charge is 0.0243 e. The van der Waals surface area contributed by atoms with Gasteiger partial charge in [-0.1, -0.05) is 38.5 Å². The topological polar surface area (TPSA) is 12.0 Å². The van der Waals surface area contributed by atoms with Gasteiger partial charge in [-0.3, -0.25) is 0 Å². The van der Waals surface area contributed by atoms with Gasteiger partial charge >= 0.3 is 0 Å². The molecule has 86 valence electrons. The van der Waals surface area contributed by atoms with Gasteiger partial charge in [0.25, 0.3) is 0 Å². The summed E-state index contributed by atoms with van der Waals surface area (Å²) in [5.74, 6) is 7.13. The second kappa shape index (κ2) is 7.77. The van der Waals surface area contributed by atoms with Gasteiger partial charge in [0.1, 0.15) is 0 Å². The molecule has 0 spiro atoms. The fourth-order valence-corrected chi connectivity index (χ4v) is 2.53. The molecule has 15 heavy (non-hydrogen) atoms. The Morgan fingerprint density at radius 2 is 1.87 bits per heavy atom. The zero-order valence-electron chi connectivity index (χ0n) is 10.3. The first-order valence-corrected chi connectivity index (χ1v) is 6.43. The molecule has 1 heteroatoms. The Morgan fingerprint density at radius 1 is 1.20 bits per heavy atom. The summed E-state index contributed by atoms with van der Waals surface area (Å²) in [4.78, 5) is 0. The zero-order chi connectivity index (χ0) is 10.9. The van der Waals surface area contributed by atoms with E-state index in [4.69, 9.17) is 0 Å². The third kappa shape index (κ3) is 5.23. The van der Waals surface area contributed by atoms with E-state index >= 15 is 0 Å². The lowest BCUT2D eigenvalue weighted by molar-refractivity contribution is 0.365. The van der Waals surface area contributed by atoms with Gasteiger partial charge in [0.2, 0.25) is 0 Å². The Kier molecular flexibility index (Phi) is 6.52. The van der Waals surface area contributed by atoms with Crippen molar-refractivity contribution in [2.75, 3.05) is 7.05 Å². The Bertz CT molecular complexity index is 203. The normalized spacial score (nSPS) is 20.1. The van der Waals surface area contributed by atoms with Crippen LogP contribution < -0.4 is 5.32 Å². The van der Waals surface area contributed by atoms with Crippen LogP contribution in [0.1, 0.15) is 58.3 Å². The van der Waals surface area contributed by atoms with Crippen LogP contribution in [0.4, 0.5) is 0 Å². The Morgan fingerprint density at radius 3 is 2.40 bits per heavy atom. The SMILES string of the molecule is CC#CCC(CC1CCCCCC1)NC. The molecule has 1 aliphatic rings. The molecule has 1 atom stereocenters. The Hall–Kier alpha value is -0.480.